The summed E-state index contributed by atoms with van der Waals surface area (Å²) in [6.45, 7) is 5.46. The molecule has 1 unspecified atom stereocenters. The van der Waals surface area contributed by atoms with Crippen molar-refractivity contribution in [2.75, 3.05) is 0 Å². The molecule has 9 nitrogen and oxygen atoms in total. The highest BCUT2D eigenvalue weighted by Gasteiger charge is 2.48. The molecule has 33 heavy (non-hydrogen) atoms. The summed E-state index contributed by atoms with van der Waals surface area (Å²) in [7, 11) is 0. The molecule has 1 atom stereocenters. The number of thiophene rings is 1. The quantitative estimate of drug-likeness (QED) is 0.461. The molecule has 0 spiro atoms. The zero-order chi connectivity index (χ0) is 23.8. The van der Waals surface area contributed by atoms with E-state index in [-0.39, 0.29) is 18.4 Å². The number of nitrogens with one attached hydrogen (secondary N) is 3. The first-order chi connectivity index (χ1) is 15.7. The fourth-order valence-electron chi connectivity index (χ4n) is 3.82. The number of benzene rings is 1. The second kappa shape index (κ2) is 8.78. The molecule has 172 valence electrons. The Labute approximate surface area is 194 Å². The highest BCUT2D eigenvalue weighted by atomic mass is 32.1. The Morgan fingerprint density at radius 1 is 1.15 bits per heavy atom. The van der Waals surface area contributed by atoms with Crippen molar-refractivity contribution in [1.29, 1.82) is 0 Å². The van der Waals surface area contributed by atoms with Gasteiger partial charge in [-0.15, -0.1) is 11.3 Å². The van der Waals surface area contributed by atoms with E-state index in [2.05, 4.69) is 20.7 Å². The lowest BCUT2D eigenvalue weighted by atomic mass is 9.93. The molecule has 0 bridgehead atoms. The molecule has 4 amide bonds. The molecule has 4 rings (SSSR count). The number of imide groups is 1. The number of aryl methyl sites for hydroxylation is 4. The van der Waals surface area contributed by atoms with E-state index in [0.717, 1.165) is 21.0 Å². The number of rotatable bonds is 7. The van der Waals surface area contributed by atoms with Crippen molar-refractivity contribution in [3.63, 3.8) is 0 Å². The minimum Gasteiger partial charge on any atom is -0.322 e. The van der Waals surface area contributed by atoms with Gasteiger partial charge in [0.1, 0.15) is 16.2 Å². The highest BCUT2D eigenvalue weighted by molar-refractivity contribution is 7.18. The Bertz CT molecular complexity index is 1300. The summed E-state index contributed by atoms with van der Waals surface area (Å²) in [5.41, 5.74) is 3.00. The second-order valence-corrected chi connectivity index (χ2v) is 9.60. The molecule has 3 heterocycles. The monoisotopic (exact) mass is 467 g/mol. The number of amides is 4. The molecular formula is C23H25N5O4S. The Kier molecular flexibility index (Phi) is 6.03. The lowest BCUT2D eigenvalue weighted by Gasteiger charge is -2.21. The lowest BCUT2D eigenvalue weighted by molar-refractivity contribution is -0.138. The van der Waals surface area contributed by atoms with Crippen LogP contribution in [0.5, 0.6) is 0 Å². The number of H-pyrrole nitrogens is 1. The van der Waals surface area contributed by atoms with Crippen LogP contribution in [0.3, 0.4) is 0 Å². The second-order valence-electron chi connectivity index (χ2n) is 8.40. The third-order valence-electron chi connectivity index (χ3n) is 5.93. The molecule has 0 saturated carbocycles. The summed E-state index contributed by atoms with van der Waals surface area (Å²) in [5, 5.41) is 3.98. The van der Waals surface area contributed by atoms with E-state index < -0.39 is 23.4 Å². The summed E-state index contributed by atoms with van der Waals surface area (Å²) in [4.78, 5) is 58.9. The molecule has 1 fully saturated rings. The summed E-state index contributed by atoms with van der Waals surface area (Å²) < 4.78 is 0. The predicted molar refractivity (Wildman–Crippen MR) is 125 cm³/mol. The maximum absolute atomic E-state index is 12.9. The molecule has 10 heteroatoms. The fraction of sp³-hybridized carbons (Fsp3) is 0.348. The molecule has 1 aliphatic rings. The van der Waals surface area contributed by atoms with Crippen LogP contribution in [0.4, 0.5) is 4.79 Å². The summed E-state index contributed by atoms with van der Waals surface area (Å²) in [6.07, 6.45) is 1.13. The number of urea groups is 1. The van der Waals surface area contributed by atoms with Gasteiger partial charge in [0.2, 0.25) is 5.91 Å². The third-order valence-corrected chi connectivity index (χ3v) is 7.03. The van der Waals surface area contributed by atoms with Gasteiger partial charge < -0.3 is 10.3 Å². The first-order valence-corrected chi connectivity index (χ1v) is 11.5. The number of aromatic amines is 1. The third kappa shape index (κ3) is 4.51. The van der Waals surface area contributed by atoms with Gasteiger partial charge in [-0.05, 0) is 44.7 Å². The van der Waals surface area contributed by atoms with Gasteiger partial charge in [0, 0.05) is 17.7 Å². The number of hydrogen-bond donors (Lipinski definition) is 3. The van der Waals surface area contributed by atoms with Gasteiger partial charge in [0.05, 0.1) is 5.39 Å². The maximum atomic E-state index is 12.9. The maximum Gasteiger partial charge on any atom is 0.344 e. The van der Waals surface area contributed by atoms with Crippen LogP contribution >= 0.6 is 11.3 Å². The van der Waals surface area contributed by atoms with Gasteiger partial charge >= 0.3 is 6.03 Å². The first kappa shape index (κ1) is 22.7. The molecule has 0 radical (unpaired) electrons. The van der Waals surface area contributed by atoms with Crippen molar-refractivity contribution >= 4 is 39.4 Å². The Morgan fingerprint density at radius 2 is 1.88 bits per heavy atom. The number of hydrogen-bond acceptors (Lipinski definition) is 6. The predicted octanol–water partition coefficient (Wildman–Crippen LogP) is 2.51. The summed E-state index contributed by atoms with van der Waals surface area (Å²) in [5.74, 6) is -0.643. The number of nitrogens with zero attached hydrogens (tertiary/aromatic N) is 2. The van der Waals surface area contributed by atoms with E-state index in [1.165, 1.54) is 11.3 Å². The SMILES string of the molecule is Cc1sc2nc(CCC(=O)NN3C(=O)NC(C)(CCc4ccccc4)C3=O)[nH]c(=O)c2c1C. The van der Waals surface area contributed by atoms with Crippen LogP contribution in [0.25, 0.3) is 10.2 Å². The first-order valence-electron chi connectivity index (χ1n) is 10.7. The molecule has 0 aliphatic carbocycles. The number of carbonyl (C=O) groups is 3. The van der Waals surface area contributed by atoms with Crippen LogP contribution in [0.1, 0.15) is 41.6 Å². The van der Waals surface area contributed by atoms with Crippen LogP contribution in [-0.4, -0.2) is 38.4 Å². The molecular weight excluding hydrogens is 442 g/mol. The standard InChI is InChI=1S/C23H25N5O4S/c1-13-14(2)33-20-18(13)19(30)24-16(25-20)9-10-17(29)27-28-21(31)23(3,26-22(28)32)12-11-15-7-5-4-6-8-15/h4-8H,9-12H2,1-3H3,(H,26,32)(H,27,29)(H,24,25,30). The molecule has 2 aromatic heterocycles. The lowest BCUT2D eigenvalue weighted by Crippen LogP contribution is -2.49. The van der Waals surface area contributed by atoms with Gasteiger partial charge in [-0.1, -0.05) is 30.3 Å². The largest absolute Gasteiger partial charge is 0.344 e. The number of carbonyl (C=O) groups excluding carboxylic acids is 3. The van der Waals surface area contributed by atoms with Crippen LogP contribution in [0, 0.1) is 13.8 Å². The zero-order valence-corrected chi connectivity index (χ0v) is 19.5. The molecule has 3 aromatic rings. The van der Waals surface area contributed by atoms with Crippen LogP contribution in [0.2, 0.25) is 0 Å². The number of hydrazine groups is 1. The average molecular weight is 468 g/mol. The van der Waals surface area contributed by atoms with Gasteiger partial charge in [-0.2, -0.15) is 5.01 Å². The van der Waals surface area contributed by atoms with E-state index in [4.69, 9.17) is 0 Å². The summed E-state index contributed by atoms with van der Waals surface area (Å²) >= 11 is 1.43. The minimum atomic E-state index is -1.10. The topological polar surface area (TPSA) is 124 Å². The average Bonchev–Trinajstić information content (AvgIpc) is 3.19. The van der Waals surface area contributed by atoms with Gasteiger partial charge in [0.25, 0.3) is 11.5 Å². The number of fused-ring (bicyclic) bond motifs is 1. The van der Waals surface area contributed by atoms with Crippen molar-refractivity contribution < 1.29 is 14.4 Å². The van der Waals surface area contributed by atoms with E-state index in [0.29, 0.717) is 28.9 Å². The van der Waals surface area contributed by atoms with Gasteiger partial charge in [-0.25, -0.2) is 9.78 Å². The Balaban J connectivity index is 1.37. The van der Waals surface area contributed by atoms with Crippen molar-refractivity contribution in [2.24, 2.45) is 0 Å². The zero-order valence-electron chi connectivity index (χ0n) is 18.7. The van der Waals surface area contributed by atoms with Crippen LogP contribution in [0.15, 0.2) is 35.1 Å². The minimum absolute atomic E-state index is 0.0461. The molecule has 1 aromatic carbocycles. The van der Waals surface area contributed by atoms with E-state index in [1.807, 2.05) is 44.2 Å². The van der Waals surface area contributed by atoms with Gasteiger partial charge in [0.15, 0.2) is 0 Å². The Hall–Kier alpha value is -3.53. The van der Waals surface area contributed by atoms with E-state index in [9.17, 15) is 19.2 Å². The smallest absolute Gasteiger partial charge is 0.322 e. The van der Waals surface area contributed by atoms with E-state index in [1.54, 1.807) is 6.92 Å². The van der Waals surface area contributed by atoms with E-state index >= 15 is 0 Å². The van der Waals surface area contributed by atoms with Crippen molar-refractivity contribution in [1.82, 2.24) is 25.7 Å². The normalized spacial score (nSPS) is 18.1. The fourth-order valence-corrected chi connectivity index (χ4v) is 4.87. The van der Waals surface area contributed by atoms with Crippen molar-refractivity contribution in [2.45, 2.75) is 52.0 Å². The molecule has 1 aliphatic heterocycles. The van der Waals surface area contributed by atoms with Gasteiger partial charge in [-0.3, -0.25) is 19.8 Å². The Morgan fingerprint density at radius 3 is 2.61 bits per heavy atom. The van der Waals surface area contributed by atoms with Crippen molar-refractivity contribution in [3.8, 4) is 0 Å². The summed E-state index contributed by atoms with van der Waals surface area (Å²) in [6, 6.07) is 9.00. The number of aromatic nitrogens is 2. The van der Waals surface area contributed by atoms with Crippen LogP contribution in [-0.2, 0) is 22.4 Å². The molecule has 1 saturated heterocycles. The van der Waals surface area contributed by atoms with Crippen molar-refractivity contribution in [3.05, 3.63) is 62.5 Å². The highest BCUT2D eigenvalue weighted by Crippen LogP contribution is 2.26. The molecule has 3 N–H and O–H groups in total. The van der Waals surface area contributed by atoms with Crippen LogP contribution < -0.4 is 16.3 Å².